The number of carbonyl (C=O) groups is 1. The summed E-state index contributed by atoms with van der Waals surface area (Å²) >= 11 is 0. The van der Waals surface area contributed by atoms with Gasteiger partial charge >= 0.3 is 0 Å². The number of nitrogens with zero attached hydrogens (tertiary/aromatic N) is 3. The smallest absolute Gasteiger partial charge is 0.178 e. The fourth-order valence-corrected chi connectivity index (χ4v) is 3.34. The first-order chi connectivity index (χ1) is 13.0. The first-order valence-corrected chi connectivity index (χ1v) is 10.1. The van der Waals surface area contributed by atoms with Crippen molar-refractivity contribution in [3.63, 3.8) is 0 Å². The van der Waals surface area contributed by atoms with Crippen LogP contribution in [-0.2, 0) is 16.7 Å². The summed E-state index contributed by atoms with van der Waals surface area (Å²) in [4.78, 5) is 11.5. The number of aromatic nitrogens is 3. The van der Waals surface area contributed by atoms with Crippen molar-refractivity contribution in [2.24, 2.45) is 0 Å². The summed E-state index contributed by atoms with van der Waals surface area (Å²) in [5.74, 6) is -0.357. The largest absolute Gasteiger partial charge is 0.748 e. The SMILES string of the molecule is O=Cc1cn(-c2ccccc2)nc1-c1ccc[n+](CCCCS(=O)(=O)[O-])c1. The normalized spacial score (nSPS) is 11.4. The number of hydrogen-bond donors (Lipinski definition) is 0. The molecule has 0 saturated carbocycles. The van der Waals surface area contributed by atoms with Gasteiger partial charge in [0.1, 0.15) is 12.2 Å². The molecule has 8 heteroatoms. The van der Waals surface area contributed by atoms with Crippen molar-refractivity contribution in [3.8, 4) is 16.9 Å². The van der Waals surface area contributed by atoms with Crippen molar-refractivity contribution in [1.82, 2.24) is 9.78 Å². The van der Waals surface area contributed by atoms with Gasteiger partial charge in [-0.25, -0.2) is 17.7 Å². The van der Waals surface area contributed by atoms with Crippen molar-refractivity contribution in [1.29, 1.82) is 0 Å². The average Bonchev–Trinajstić information content (AvgIpc) is 3.10. The standard InChI is InChI=1S/C19H19N3O4S/c23-15-17-14-22(18-8-2-1-3-9-18)20-19(17)16-7-6-11-21(13-16)10-4-5-12-27(24,25)26/h1-3,6-9,11,13-15H,4-5,10,12H2. The third-order valence-electron chi connectivity index (χ3n) is 4.08. The second kappa shape index (κ2) is 8.24. The summed E-state index contributed by atoms with van der Waals surface area (Å²) in [6, 6.07) is 13.2. The van der Waals surface area contributed by atoms with Gasteiger partial charge in [-0.3, -0.25) is 4.79 Å². The van der Waals surface area contributed by atoms with Crippen LogP contribution in [0.25, 0.3) is 16.9 Å². The Morgan fingerprint density at radius 2 is 1.89 bits per heavy atom. The van der Waals surface area contributed by atoms with Gasteiger partial charge in [-0.05, 0) is 24.6 Å². The van der Waals surface area contributed by atoms with Crippen LogP contribution in [0.2, 0.25) is 0 Å². The minimum absolute atomic E-state index is 0.311. The maximum atomic E-state index is 11.5. The van der Waals surface area contributed by atoms with E-state index in [9.17, 15) is 17.8 Å². The van der Waals surface area contributed by atoms with E-state index in [4.69, 9.17) is 0 Å². The number of rotatable bonds is 8. The molecular formula is C19H19N3O4S. The van der Waals surface area contributed by atoms with Gasteiger partial charge < -0.3 is 4.55 Å². The van der Waals surface area contributed by atoms with E-state index in [1.165, 1.54) is 0 Å². The van der Waals surface area contributed by atoms with Gasteiger partial charge in [0.15, 0.2) is 18.7 Å². The highest BCUT2D eigenvalue weighted by Gasteiger charge is 2.14. The molecule has 0 aliphatic carbocycles. The topological polar surface area (TPSA) is 96.0 Å². The molecule has 3 rings (SSSR count). The number of para-hydroxylation sites is 1. The Balaban J connectivity index is 1.80. The van der Waals surface area contributed by atoms with Crippen molar-refractivity contribution in [3.05, 3.63) is 66.6 Å². The van der Waals surface area contributed by atoms with Crippen LogP contribution >= 0.6 is 0 Å². The highest BCUT2D eigenvalue weighted by Crippen LogP contribution is 2.21. The van der Waals surface area contributed by atoms with Gasteiger partial charge in [-0.15, -0.1) is 0 Å². The highest BCUT2D eigenvalue weighted by atomic mass is 32.2. The Bertz CT molecular complexity index is 1030. The van der Waals surface area contributed by atoms with Gasteiger partial charge in [0, 0.05) is 24.4 Å². The molecule has 0 aliphatic rings. The number of benzene rings is 1. The summed E-state index contributed by atoms with van der Waals surface area (Å²) in [5, 5.41) is 4.54. The van der Waals surface area contributed by atoms with Crippen molar-refractivity contribution >= 4 is 16.4 Å². The maximum absolute atomic E-state index is 11.5. The van der Waals surface area contributed by atoms with E-state index in [-0.39, 0.29) is 5.75 Å². The van der Waals surface area contributed by atoms with Gasteiger partial charge in [0.25, 0.3) is 0 Å². The molecule has 7 nitrogen and oxygen atoms in total. The fraction of sp³-hybridized carbons (Fsp3) is 0.211. The van der Waals surface area contributed by atoms with E-state index in [1.807, 2.05) is 59.4 Å². The Morgan fingerprint density at radius 1 is 1.11 bits per heavy atom. The monoisotopic (exact) mass is 385 g/mol. The first-order valence-electron chi connectivity index (χ1n) is 8.49. The van der Waals surface area contributed by atoms with Crippen LogP contribution in [0.5, 0.6) is 0 Å². The number of hydrogen-bond acceptors (Lipinski definition) is 5. The molecular weight excluding hydrogens is 366 g/mol. The van der Waals surface area contributed by atoms with E-state index in [0.717, 1.165) is 17.5 Å². The number of aldehydes is 1. The number of aryl methyl sites for hydroxylation is 1. The Labute approximate surface area is 157 Å². The molecule has 2 aromatic heterocycles. The zero-order valence-corrected chi connectivity index (χ0v) is 15.4. The molecule has 0 spiro atoms. The summed E-state index contributed by atoms with van der Waals surface area (Å²) in [7, 11) is -4.17. The lowest BCUT2D eigenvalue weighted by Crippen LogP contribution is -2.33. The second-order valence-electron chi connectivity index (χ2n) is 6.13. The zero-order chi connectivity index (χ0) is 19.3. The van der Waals surface area contributed by atoms with Crippen LogP contribution in [0, 0.1) is 0 Å². The Morgan fingerprint density at radius 3 is 2.59 bits per heavy atom. The van der Waals surface area contributed by atoms with Gasteiger partial charge in [0.2, 0.25) is 0 Å². The maximum Gasteiger partial charge on any atom is 0.178 e. The molecule has 0 amide bonds. The lowest BCUT2D eigenvalue weighted by molar-refractivity contribution is -0.696. The molecule has 0 radical (unpaired) electrons. The van der Waals surface area contributed by atoms with E-state index in [1.54, 1.807) is 10.9 Å². The molecule has 0 saturated heterocycles. The van der Waals surface area contributed by atoms with Crippen LogP contribution in [0.15, 0.2) is 61.1 Å². The van der Waals surface area contributed by atoms with Crippen molar-refractivity contribution in [2.75, 3.05) is 5.75 Å². The van der Waals surface area contributed by atoms with Crippen molar-refractivity contribution < 1.29 is 22.3 Å². The molecule has 0 N–H and O–H groups in total. The third kappa shape index (κ3) is 5.08. The molecule has 140 valence electrons. The summed E-state index contributed by atoms with van der Waals surface area (Å²) in [5.41, 5.74) is 2.69. The van der Waals surface area contributed by atoms with Gasteiger partial charge in [-0.1, -0.05) is 18.2 Å². The minimum Gasteiger partial charge on any atom is -0.748 e. The molecule has 0 unspecified atom stereocenters. The van der Waals surface area contributed by atoms with Crippen LogP contribution in [-0.4, -0.2) is 34.8 Å². The van der Waals surface area contributed by atoms with Crippen LogP contribution < -0.4 is 4.57 Å². The minimum atomic E-state index is -4.17. The number of unbranched alkanes of at least 4 members (excludes halogenated alkanes) is 1. The Hall–Kier alpha value is -2.84. The fourth-order valence-electron chi connectivity index (χ4n) is 2.79. The lowest BCUT2D eigenvalue weighted by atomic mass is 10.1. The summed E-state index contributed by atoms with van der Waals surface area (Å²) in [6.07, 6.45) is 7.05. The second-order valence-corrected chi connectivity index (χ2v) is 7.65. The van der Waals surface area contributed by atoms with Crippen LogP contribution in [0.4, 0.5) is 0 Å². The van der Waals surface area contributed by atoms with Crippen LogP contribution in [0.3, 0.4) is 0 Å². The predicted molar refractivity (Wildman–Crippen MR) is 98.4 cm³/mol. The lowest BCUT2D eigenvalue weighted by Gasteiger charge is -2.05. The summed E-state index contributed by atoms with van der Waals surface area (Å²) < 4.78 is 35.6. The average molecular weight is 385 g/mol. The number of pyridine rings is 1. The molecule has 0 aliphatic heterocycles. The van der Waals surface area contributed by atoms with Crippen LogP contribution in [0.1, 0.15) is 23.2 Å². The molecule has 2 heterocycles. The molecule has 3 aromatic rings. The van der Waals surface area contributed by atoms with Crippen molar-refractivity contribution in [2.45, 2.75) is 19.4 Å². The molecule has 0 atom stereocenters. The Kier molecular flexibility index (Phi) is 5.78. The van der Waals surface area contributed by atoms with E-state index < -0.39 is 10.1 Å². The van der Waals surface area contributed by atoms with E-state index in [0.29, 0.717) is 30.6 Å². The first kappa shape index (κ1) is 18.9. The van der Waals surface area contributed by atoms with E-state index >= 15 is 0 Å². The molecule has 0 fully saturated rings. The highest BCUT2D eigenvalue weighted by molar-refractivity contribution is 7.85. The van der Waals surface area contributed by atoms with Gasteiger partial charge in [-0.2, -0.15) is 5.10 Å². The quantitative estimate of drug-likeness (QED) is 0.256. The van der Waals surface area contributed by atoms with Gasteiger partial charge in [0.05, 0.1) is 26.9 Å². The number of carbonyl (C=O) groups excluding carboxylic acids is 1. The zero-order valence-electron chi connectivity index (χ0n) is 14.6. The molecule has 27 heavy (non-hydrogen) atoms. The molecule has 0 bridgehead atoms. The summed E-state index contributed by atoms with van der Waals surface area (Å²) in [6.45, 7) is 0.569. The molecule has 1 aromatic carbocycles. The predicted octanol–water partition coefficient (Wildman–Crippen LogP) is 1.96. The van der Waals surface area contributed by atoms with E-state index in [2.05, 4.69) is 5.10 Å². The third-order valence-corrected chi connectivity index (χ3v) is 4.87.